The number of ether oxygens (including phenoxy) is 1. The number of hydrogen-bond acceptors (Lipinski definition) is 6. The van der Waals surface area contributed by atoms with E-state index in [0.29, 0.717) is 54.6 Å². The fourth-order valence-corrected chi connectivity index (χ4v) is 3.77. The lowest BCUT2D eigenvalue weighted by Crippen LogP contribution is -2.40. The van der Waals surface area contributed by atoms with Gasteiger partial charge in [-0.15, -0.1) is 0 Å². The van der Waals surface area contributed by atoms with Gasteiger partial charge in [0.25, 0.3) is 5.91 Å². The molecule has 9 heteroatoms. The van der Waals surface area contributed by atoms with Crippen LogP contribution in [-0.4, -0.2) is 57.4 Å². The molecule has 2 aromatic carbocycles. The molecule has 5 rings (SSSR count). The fraction of sp³-hybridized carbons (Fsp3) is 0.167. The molecule has 1 saturated heterocycles. The number of carbonyl (C=O) groups is 2. The van der Waals surface area contributed by atoms with Crippen LogP contribution in [0.2, 0.25) is 0 Å². The monoisotopic (exact) mass is 442 g/mol. The summed E-state index contributed by atoms with van der Waals surface area (Å²) in [4.78, 5) is 35.2. The molecule has 0 atom stereocenters. The summed E-state index contributed by atoms with van der Waals surface area (Å²) in [5.74, 6) is 0.0507. The first-order valence-electron chi connectivity index (χ1n) is 10.6. The van der Waals surface area contributed by atoms with Crippen LogP contribution < -0.4 is 11.1 Å². The Balaban J connectivity index is 1.43. The molecular weight excluding hydrogens is 420 g/mol. The molecule has 33 heavy (non-hydrogen) atoms. The zero-order chi connectivity index (χ0) is 22.8. The van der Waals surface area contributed by atoms with Gasteiger partial charge in [0.1, 0.15) is 0 Å². The van der Waals surface area contributed by atoms with Crippen molar-refractivity contribution in [2.45, 2.75) is 0 Å². The van der Waals surface area contributed by atoms with Gasteiger partial charge in [-0.3, -0.25) is 9.59 Å². The SMILES string of the molecule is NC(=O)c1cccc(-c2cn3ccnc3c(Nc3ccc(C(=O)N4CCOCC4)cc3)n2)c1. The van der Waals surface area contributed by atoms with Crippen LogP contribution in [-0.2, 0) is 4.74 Å². The number of benzene rings is 2. The maximum atomic E-state index is 12.7. The Morgan fingerprint density at radius 2 is 1.82 bits per heavy atom. The van der Waals surface area contributed by atoms with Gasteiger partial charge in [0.2, 0.25) is 5.91 Å². The number of fused-ring (bicyclic) bond motifs is 1. The first-order valence-corrected chi connectivity index (χ1v) is 10.6. The molecule has 1 aliphatic heterocycles. The summed E-state index contributed by atoms with van der Waals surface area (Å²) in [6, 6.07) is 14.3. The van der Waals surface area contributed by atoms with E-state index in [1.54, 1.807) is 41.4 Å². The Bertz CT molecular complexity index is 1330. The lowest BCUT2D eigenvalue weighted by atomic mass is 10.1. The van der Waals surface area contributed by atoms with Crippen molar-refractivity contribution < 1.29 is 14.3 Å². The molecule has 166 valence electrons. The summed E-state index contributed by atoms with van der Waals surface area (Å²) in [7, 11) is 0. The minimum atomic E-state index is -0.495. The summed E-state index contributed by atoms with van der Waals surface area (Å²) < 4.78 is 7.18. The zero-order valence-electron chi connectivity index (χ0n) is 17.8. The van der Waals surface area contributed by atoms with Gasteiger partial charge < -0.3 is 25.1 Å². The van der Waals surface area contributed by atoms with E-state index in [0.717, 1.165) is 11.3 Å². The number of aromatic nitrogens is 3. The van der Waals surface area contributed by atoms with Gasteiger partial charge >= 0.3 is 0 Å². The molecule has 2 amide bonds. The van der Waals surface area contributed by atoms with Crippen molar-refractivity contribution >= 4 is 29.0 Å². The van der Waals surface area contributed by atoms with Crippen LogP contribution in [0.15, 0.2) is 67.1 Å². The molecule has 9 nitrogen and oxygen atoms in total. The minimum Gasteiger partial charge on any atom is -0.378 e. The van der Waals surface area contributed by atoms with E-state index in [-0.39, 0.29) is 5.91 Å². The largest absolute Gasteiger partial charge is 0.378 e. The number of nitrogens with one attached hydrogen (secondary N) is 1. The molecule has 1 aliphatic rings. The number of morpholine rings is 1. The number of nitrogens with zero attached hydrogens (tertiary/aromatic N) is 4. The number of primary amides is 1. The van der Waals surface area contributed by atoms with E-state index >= 15 is 0 Å². The second-order valence-electron chi connectivity index (χ2n) is 7.68. The molecule has 0 bridgehead atoms. The number of imidazole rings is 1. The van der Waals surface area contributed by atoms with Gasteiger partial charge in [-0.25, -0.2) is 9.97 Å². The first kappa shape index (κ1) is 20.7. The highest BCUT2D eigenvalue weighted by atomic mass is 16.5. The Hall–Kier alpha value is -4.24. The number of hydrogen-bond donors (Lipinski definition) is 2. The molecule has 0 aliphatic carbocycles. The Labute approximate surface area is 189 Å². The lowest BCUT2D eigenvalue weighted by molar-refractivity contribution is 0.0303. The van der Waals surface area contributed by atoms with Gasteiger partial charge in [-0.1, -0.05) is 12.1 Å². The highest BCUT2D eigenvalue weighted by Gasteiger charge is 2.18. The topological polar surface area (TPSA) is 115 Å². The molecule has 0 spiro atoms. The number of carbonyl (C=O) groups excluding carboxylic acids is 2. The van der Waals surface area contributed by atoms with Gasteiger partial charge in [-0.05, 0) is 36.4 Å². The molecule has 2 aromatic heterocycles. The summed E-state index contributed by atoms with van der Waals surface area (Å²) in [6.07, 6.45) is 5.36. The van der Waals surface area contributed by atoms with Crippen LogP contribution >= 0.6 is 0 Å². The predicted octanol–water partition coefficient (Wildman–Crippen LogP) is 2.71. The smallest absolute Gasteiger partial charge is 0.254 e. The molecule has 1 fully saturated rings. The molecule has 3 heterocycles. The van der Waals surface area contributed by atoms with E-state index in [9.17, 15) is 9.59 Å². The third-order valence-corrected chi connectivity index (χ3v) is 5.51. The van der Waals surface area contributed by atoms with Gasteiger partial charge in [0.05, 0.1) is 18.9 Å². The van der Waals surface area contributed by atoms with Gasteiger partial charge in [-0.2, -0.15) is 0 Å². The maximum absolute atomic E-state index is 12.7. The highest BCUT2D eigenvalue weighted by molar-refractivity contribution is 5.95. The van der Waals surface area contributed by atoms with E-state index in [2.05, 4.69) is 10.3 Å². The van der Waals surface area contributed by atoms with Crippen LogP contribution in [0.1, 0.15) is 20.7 Å². The standard InChI is InChI=1S/C24H22N6O3/c25-21(31)18-3-1-2-17(14-18)20-15-30-9-8-26-23(30)22(28-20)27-19-6-4-16(5-7-19)24(32)29-10-12-33-13-11-29/h1-9,14-15H,10-13H2,(H2,25,31)(H,27,28). The third kappa shape index (κ3) is 4.26. The lowest BCUT2D eigenvalue weighted by Gasteiger charge is -2.26. The Morgan fingerprint density at radius 1 is 1.03 bits per heavy atom. The van der Waals surface area contributed by atoms with Gasteiger partial charge in [0, 0.05) is 54.1 Å². The number of nitrogens with two attached hydrogens (primary N) is 1. The second-order valence-corrected chi connectivity index (χ2v) is 7.68. The Kier molecular flexibility index (Phi) is 5.45. The van der Waals surface area contributed by atoms with E-state index in [4.69, 9.17) is 15.5 Å². The van der Waals surface area contributed by atoms with Crippen LogP contribution in [0.3, 0.4) is 0 Å². The number of amides is 2. The summed E-state index contributed by atoms with van der Waals surface area (Å²) in [5, 5.41) is 3.30. The maximum Gasteiger partial charge on any atom is 0.254 e. The molecule has 0 saturated carbocycles. The highest BCUT2D eigenvalue weighted by Crippen LogP contribution is 2.25. The molecule has 0 unspecified atom stereocenters. The second kappa shape index (κ2) is 8.71. The minimum absolute atomic E-state index is 0.00467. The van der Waals surface area contributed by atoms with Crippen LogP contribution in [0.4, 0.5) is 11.5 Å². The fourth-order valence-electron chi connectivity index (χ4n) is 3.77. The van der Waals surface area contributed by atoms with E-state index < -0.39 is 5.91 Å². The van der Waals surface area contributed by atoms with Crippen molar-refractivity contribution in [2.75, 3.05) is 31.6 Å². The first-order chi connectivity index (χ1) is 16.1. The van der Waals surface area contributed by atoms with Crippen molar-refractivity contribution in [3.05, 3.63) is 78.2 Å². The van der Waals surface area contributed by atoms with E-state index in [1.807, 2.05) is 35.0 Å². The number of rotatable bonds is 5. The quantitative estimate of drug-likeness (QED) is 0.491. The van der Waals surface area contributed by atoms with Crippen LogP contribution in [0.5, 0.6) is 0 Å². The third-order valence-electron chi connectivity index (χ3n) is 5.51. The summed E-state index contributed by atoms with van der Waals surface area (Å²) >= 11 is 0. The molecular formula is C24H22N6O3. The Morgan fingerprint density at radius 3 is 2.58 bits per heavy atom. The predicted molar refractivity (Wildman–Crippen MR) is 123 cm³/mol. The van der Waals surface area contributed by atoms with Gasteiger partial charge in [0.15, 0.2) is 11.5 Å². The number of anilines is 2. The normalized spacial score (nSPS) is 13.8. The van der Waals surface area contributed by atoms with Crippen molar-refractivity contribution in [1.82, 2.24) is 19.3 Å². The summed E-state index contributed by atoms with van der Waals surface area (Å²) in [6.45, 7) is 2.33. The van der Waals surface area contributed by atoms with Crippen molar-refractivity contribution in [3.63, 3.8) is 0 Å². The summed E-state index contributed by atoms with van der Waals surface area (Å²) in [5.41, 5.74) is 9.30. The van der Waals surface area contributed by atoms with Crippen LogP contribution in [0.25, 0.3) is 16.9 Å². The molecule has 4 aromatic rings. The average Bonchev–Trinajstić information content (AvgIpc) is 3.34. The van der Waals surface area contributed by atoms with Crippen LogP contribution in [0, 0.1) is 0 Å². The van der Waals surface area contributed by atoms with E-state index in [1.165, 1.54) is 0 Å². The van der Waals surface area contributed by atoms with Crippen molar-refractivity contribution in [2.24, 2.45) is 5.73 Å². The average molecular weight is 442 g/mol. The molecule has 0 radical (unpaired) electrons. The zero-order valence-corrected chi connectivity index (χ0v) is 17.8. The van der Waals surface area contributed by atoms with Crippen molar-refractivity contribution in [1.29, 1.82) is 0 Å². The van der Waals surface area contributed by atoms with Crippen molar-refractivity contribution in [3.8, 4) is 11.3 Å². The molecule has 3 N–H and O–H groups in total.